The van der Waals surface area contributed by atoms with Crippen molar-refractivity contribution in [2.24, 2.45) is 5.41 Å². The molecule has 1 saturated heterocycles. The number of anilines is 2. The van der Waals surface area contributed by atoms with Gasteiger partial charge in [0.25, 0.3) is 0 Å². The third-order valence-corrected chi connectivity index (χ3v) is 12.5. The van der Waals surface area contributed by atoms with Crippen molar-refractivity contribution in [1.29, 1.82) is 0 Å². The molecule has 5 aromatic rings. The summed E-state index contributed by atoms with van der Waals surface area (Å²) in [6.07, 6.45) is 0.558. The predicted octanol–water partition coefficient (Wildman–Crippen LogP) is 7.61. The van der Waals surface area contributed by atoms with Gasteiger partial charge in [-0.1, -0.05) is 44.2 Å². The molecule has 3 aromatic carbocycles. The van der Waals surface area contributed by atoms with E-state index in [0.717, 1.165) is 40.7 Å². The fraction of sp³-hybridized carbons (Fsp3) is 0.386. The number of thiophene rings is 1. The van der Waals surface area contributed by atoms with Crippen molar-refractivity contribution in [3.8, 4) is 22.6 Å². The molecular weight excluding hydrogens is 815 g/mol. The molecule has 1 aliphatic rings. The van der Waals surface area contributed by atoms with Gasteiger partial charge in [0.1, 0.15) is 23.9 Å². The van der Waals surface area contributed by atoms with Crippen molar-refractivity contribution < 1.29 is 33.0 Å². The number of fused-ring (bicyclic) bond motifs is 1. The maximum absolute atomic E-state index is 13.1. The van der Waals surface area contributed by atoms with E-state index >= 15 is 0 Å². The van der Waals surface area contributed by atoms with Gasteiger partial charge in [-0.25, -0.2) is 4.79 Å². The molecule has 1 fully saturated rings. The molecule has 0 saturated carbocycles. The Bertz CT molecular complexity index is 2260. The molecule has 6 rings (SSSR count). The van der Waals surface area contributed by atoms with E-state index < -0.39 is 17.8 Å². The molecule has 16 heteroatoms. The number of hydrogen-bond donors (Lipinski definition) is 5. The molecule has 13 nitrogen and oxygen atoms in total. The van der Waals surface area contributed by atoms with Crippen LogP contribution in [-0.2, 0) is 24.9 Å². The molecule has 1 aliphatic heterocycles. The smallest absolute Gasteiger partial charge is 0.411 e. The van der Waals surface area contributed by atoms with Gasteiger partial charge in [0, 0.05) is 84.8 Å². The lowest BCUT2D eigenvalue weighted by molar-refractivity contribution is -0.116. The van der Waals surface area contributed by atoms with Gasteiger partial charge in [0.2, 0.25) is 31.0 Å². The fourth-order valence-corrected chi connectivity index (χ4v) is 9.53. The van der Waals surface area contributed by atoms with Crippen LogP contribution in [0.5, 0.6) is 11.5 Å². The number of phenolic OH excluding ortho intramolecular Hbond substituents is 1. The van der Waals surface area contributed by atoms with E-state index in [0.29, 0.717) is 61.5 Å². The number of carbonyl (C=O) groups is 2. The Balaban J connectivity index is 1.01. The number of methoxy groups -OCH3 is 1. The molecule has 1 atom stereocenters. The Hall–Kier alpha value is -4.82. The third-order valence-electron chi connectivity index (χ3n) is 10.9. The number of nitrogens with one attached hydrogen (secondary N) is 4. The lowest BCUT2D eigenvalue weighted by Gasteiger charge is -2.41. The Kier molecular flexibility index (Phi) is 15.7. The van der Waals surface area contributed by atoms with E-state index in [2.05, 4.69) is 39.7 Å². The molecule has 0 spiro atoms. The van der Waals surface area contributed by atoms with E-state index in [1.807, 2.05) is 78.5 Å². The van der Waals surface area contributed by atoms with Gasteiger partial charge in [-0.3, -0.25) is 14.9 Å². The molecular formula is C44H53N5O8SSi2. The number of ether oxygens (including phenoxy) is 2. The van der Waals surface area contributed by atoms with Crippen LogP contribution in [0.25, 0.3) is 22.0 Å². The van der Waals surface area contributed by atoms with Crippen molar-refractivity contribution in [3.63, 3.8) is 0 Å². The van der Waals surface area contributed by atoms with Gasteiger partial charge in [-0.05, 0) is 78.2 Å². The monoisotopic (exact) mass is 867 g/mol. The maximum atomic E-state index is 13.1. The minimum atomic E-state index is -0.533. The second kappa shape index (κ2) is 21.1. The molecule has 60 heavy (non-hydrogen) atoms. The minimum absolute atomic E-state index is 0.00284. The largest absolute Gasteiger partial charge is 0.506 e. The molecule has 2 aromatic heterocycles. The number of aromatic hydroxyl groups is 1. The van der Waals surface area contributed by atoms with Crippen molar-refractivity contribution in [1.82, 2.24) is 15.2 Å². The second-order valence-corrected chi connectivity index (χ2v) is 17.3. The first-order valence-electron chi connectivity index (χ1n) is 20.0. The highest BCUT2D eigenvalue weighted by atomic mass is 32.1. The van der Waals surface area contributed by atoms with E-state index in [-0.39, 0.29) is 48.8 Å². The number of amides is 2. The minimum Gasteiger partial charge on any atom is -0.506 e. The van der Waals surface area contributed by atoms with E-state index in [1.54, 1.807) is 30.6 Å². The number of aromatic nitrogens is 1. The van der Waals surface area contributed by atoms with Crippen LogP contribution in [0, 0.1) is 5.41 Å². The number of likely N-dealkylation sites (tertiary alicyclic amines) is 1. The zero-order valence-corrected chi connectivity index (χ0v) is 37.4. The molecule has 4 radical (unpaired) electrons. The summed E-state index contributed by atoms with van der Waals surface area (Å²) in [6.45, 7) is 11.2. The Labute approximate surface area is 360 Å². The quantitative estimate of drug-likeness (QED) is 0.0413. The number of benzene rings is 3. The highest BCUT2D eigenvalue weighted by Crippen LogP contribution is 2.43. The zero-order chi connectivity index (χ0) is 42.6. The first-order valence-corrected chi connectivity index (χ1v) is 23.7. The Morgan fingerprint density at radius 3 is 2.48 bits per heavy atom. The summed E-state index contributed by atoms with van der Waals surface area (Å²) in [6, 6.07) is 22.1. The van der Waals surface area contributed by atoms with Crippen molar-refractivity contribution >= 4 is 65.1 Å². The van der Waals surface area contributed by atoms with Gasteiger partial charge in [-0.2, -0.15) is 11.3 Å². The summed E-state index contributed by atoms with van der Waals surface area (Å²) in [4.78, 5) is 43.1. The van der Waals surface area contributed by atoms with E-state index in [9.17, 15) is 19.5 Å². The highest BCUT2D eigenvalue weighted by Gasteiger charge is 2.40. The van der Waals surface area contributed by atoms with E-state index in [4.69, 9.17) is 18.3 Å². The van der Waals surface area contributed by atoms with Crippen LogP contribution in [0.1, 0.15) is 50.2 Å². The maximum Gasteiger partial charge on any atom is 0.411 e. The van der Waals surface area contributed by atoms with Gasteiger partial charge in [-0.15, -0.1) is 0 Å². The van der Waals surface area contributed by atoms with Crippen LogP contribution in [0.2, 0.25) is 13.1 Å². The van der Waals surface area contributed by atoms with Crippen LogP contribution < -0.4 is 26.2 Å². The number of phenols is 1. The van der Waals surface area contributed by atoms with E-state index in [1.165, 1.54) is 6.07 Å². The van der Waals surface area contributed by atoms with Crippen LogP contribution >= 0.6 is 11.3 Å². The predicted molar refractivity (Wildman–Crippen MR) is 239 cm³/mol. The highest BCUT2D eigenvalue weighted by molar-refractivity contribution is 7.08. The molecule has 3 heterocycles. The summed E-state index contributed by atoms with van der Waals surface area (Å²) >= 11 is 1.61. The summed E-state index contributed by atoms with van der Waals surface area (Å²) in [5.41, 5.74) is 4.76. The van der Waals surface area contributed by atoms with Crippen LogP contribution in [0.15, 0.2) is 88.4 Å². The summed E-state index contributed by atoms with van der Waals surface area (Å²) in [7, 11) is 2.05. The lowest BCUT2D eigenvalue weighted by Crippen LogP contribution is -2.43. The summed E-state index contributed by atoms with van der Waals surface area (Å²) in [5.74, 6) is 0.366. The Morgan fingerprint density at radius 2 is 1.77 bits per heavy atom. The topological polar surface area (TPSA) is 163 Å². The van der Waals surface area contributed by atoms with Crippen LogP contribution in [0.4, 0.5) is 16.2 Å². The number of pyridine rings is 1. The number of para-hydroxylation sites is 1. The summed E-state index contributed by atoms with van der Waals surface area (Å²) < 4.78 is 23.8. The first-order chi connectivity index (χ1) is 29.0. The number of carbonyl (C=O) groups excluding carboxylic acids is 2. The van der Waals surface area contributed by atoms with Gasteiger partial charge in [0.15, 0.2) is 0 Å². The average molecular weight is 868 g/mol. The van der Waals surface area contributed by atoms with Crippen molar-refractivity contribution in [2.75, 3.05) is 43.9 Å². The number of rotatable bonds is 19. The lowest BCUT2D eigenvalue weighted by atomic mass is 9.73. The second-order valence-electron chi connectivity index (χ2n) is 15.2. The SMILES string of the molecule is COc1cc(NC(=O)CCN2CCC(OC(=O)Nc3ccccc3-c3ccsc3)CC2)ccc1CNCC(c1ccc(O)c2[nH]c(=O)ccc12)C(C)(C)C(O[Si]C)O[Si]C. The molecule has 316 valence electrons. The standard InChI is InChI=1S/C44H53N5O8SSi2/c1-44(2,42(56-59-4)57-60-5)35(33-12-14-37(50)41-34(33)13-15-39(51)48-41)26-45-25-28-10-11-30(24-38(28)54-3)46-40(52)18-22-49-20-16-31(17-21-49)55-43(53)47-36-9-7-6-8-32(36)29-19-23-58-27-29/h6-15,19,23-24,27,31,35,42,45,50H,16-18,20-22,25-26H2,1-5H3,(H,46,52)(H,47,53)(H,48,51). The zero-order valence-electron chi connectivity index (χ0n) is 34.6. The average Bonchev–Trinajstić information content (AvgIpc) is 3.78. The van der Waals surface area contributed by atoms with Gasteiger partial charge >= 0.3 is 6.09 Å². The fourth-order valence-electron chi connectivity index (χ4n) is 7.65. The number of aromatic amines is 1. The molecule has 1 unspecified atom stereocenters. The first kappa shape index (κ1) is 44.7. The number of hydrogen-bond acceptors (Lipinski definition) is 11. The van der Waals surface area contributed by atoms with Gasteiger partial charge < -0.3 is 43.9 Å². The Morgan fingerprint density at radius 1 is 1.00 bits per heavy atom. The number of piperidine rings is 1. The van der Waals surface area contributed by atoms with Crippen molar-refractivity contribution in [2.45, 2.75) is 71.1 Å². The summed E-state index contributed by atoms with van der Waals surface area (Å²) in [5, 5.41) is 25.0. The van der Waals surface area contributed by atoms with Crippen LogP contribution in [-0.4, -0.2) is 92.2 Å². The molecule has 2 amide bonds. The normalized spacial score (nSPS) is 14.3. The van der Waals surface area contributed by atoms with Gasteiger partial charge in [0.05, 0.1) is 18.3 Å². The van der Waals surface area contributed by atoms with Crippen LogP contribution in [0.3, 0.4) is 0 Å². The molecule has 0 aliphatic carbocycles. The molecule has 5 N–H and O–H groups in total. The third kappa shape index (κ3) is 11.3. The number of H-pyrrole nitrogens is 1. The number of nitrogens with zero attached hydrogens (tertiary/aromatic N) is 1. The molecule has 0 bridgehead atoms. The van der Waals surface area contributed by atoms with Crippen molar-refractivity contribution in [3.05, 3.63) is 105 Å².